The van der Waals surface area contributed by atoms with Crippen molar-refractivity contribution in [3.8, 4) is 0 Å². The van der Waals surface area contributed by atoms with E-state index in [1.54, 1.807) is 20.8 Å². The lowest BCUT2D eigenvalue weighted by molar-refractivity contribution is -0.155. The van der Waals surface area contributed by atoms with Crippen LogP contribution >= 0.6 is 22.6 Å². The Balaban J connectivity index is 2.64. The van der Waals surface area contributed by atoms with Crippen molar-refractivity contribution in [1.82, 2.24) is 16.0 Å². The van der Waals surface area contributed by atoms with E-state index in [1.807, 2.05) is 12.1 Å². The Hall–Kier alpha value is -2.68. The lowest BCUT2D eigenvalue weighted by Gasteiger charge is -2.23. The smallest absolute Gasteiger partial charge is 0.407 e. The number of aryl methyl sites for hydroxylation is 1. The molecule has 0 heterocycles. The Bertz CT molecular complexity index is 1100. The van der Waals surface area contributed by atoms with Gasteiger partial charge in [0.15, 0.2) is 0 Å². The number of ether oxygens (including phenoxy) is 3. The predicted octanol–water partition coefficient (Wildman–Crippen LogP) is 5.11. The minimum Gasteiger partial charge on any atom is -0.467 e. The van der Waals surface area contributed by atoms with Crippen LogP contribution in [0.5, 0.6) is 0 Å². The van der Waals surface area contributed by atoms with E-state index in [0.717, 1.165) is 18.9 Å². The van der Waals surface area contributed by atoms with Crippen molar-refractivity contribution in [3.63, 3.8) is 0 Å². The summed E-state index contributed by atoms with van der Waals surface area (Å²) in [5.74, 6) is -1.83. The second kappa shape index (κ2) is 20.4. The number of alkyl carbamates (subject to hydrolysis) is 1. The van der Waals surface area contributed by atoms with Gasteiger partial charge >= 0.3 is 18.0 Å². The molecule has 45 heavy (non-hydrogen) atoms. The van der Waals surface area contributed by atoms with Gasteiger partial charge in [-0.1, -0.05) is 31.8 Å². The maximum absolute atomic E-state index is 13.2. The van der Waals surface area contributed by atoms with Crippen LogP contribution in [0.3, 0.4) is 0 Å². The summed E-state index contributed by atoms with van der Waals surface area (Å²) in [4.78, 5) is 62.8. The molecule has 1 rings (SSSR count). The van der Waals surface area contributed by atoms with Crippen molar-refractivity contribution in [2.24, 2.45) is 0 Å². The van der Waals surface area contributed by atoms with Crippen LogP contribution in [0.25, 0.3) is 0 Å². The summed E-state index contributed by atoms with van der Waals surface area (Å²) < 4.78 is 16.7. The Kier molecular flexibility index (Phi) is 18.3. The maximum Gasteiger partial charge on any atom is 0.407 e. The lowest BCUT2D eigenvalue weighted by Crippen LogP contribution is -2.52. The van der Waals surface area contributed by atoms with Gasteiger partial charge in [-0.25, -0.2) is 9.59 Å². The van der Waals surface area contributed by atoms with Gasteiger partial charge in [-0.05, 0) is 106 Å². The van der Waals surface area contributed by atoms with E-state index in [9.17, 15) is 24.0 Å². The number of rotatable bonds is 19. The fraction of sp³-hybridized carbons (Fsp3) is 0.656. The number of unbranched alkanes of at least 4 members (excludes halogenated alkanes) is 1. The Morgan fingerprint density at radius 1 is 0.889 bits per heavy atom. The zero-order valence-electron chi connectivity index (χ0n) is 27.9. The van der Waals surface area contributed by atoms with Crippen molar-refractivity contribution in [2.45, 2.75) is 116 Å². The van der Waals surface area contributed by atoms with Gasteiger partial charge in [-0.15, -0.1) is 0 Å². The number of benzene rings is 1. The monoisotopic (exact) mass is 761 g/mol. The van der Waals surface area contributed by atoms with E-state index in [2.05, 4.69) is 70.3 Å². The highest BCUT2D eigenvalue weighted by molar-refractivity contribution is 14.1. The van der Waals surface area contributed by atoms with Crippen LogP contribution in [0.15, 0.2) is 24.3 Å². The SMILES string of the molecule is COC(=O)[C@H](CCCCNC(=O)CCCc1ccc(I)cc1)NC(=O)C(CCC(=O)OC(C)(C)C)NC(=O)OCC[Si](C)(C)C. The number of carbonyl (C=O) groups excluding carboxylic acids is 5. The van der Waals surface area contributed by atoms with Gasteiger partial charge < -0.3 is 30.2 Å². The van der Waals surface area contributed by atoms with Crippen LogP contribution in [0.2, 0.25) is 25.7 Å². The van der Waals surface area contributed by atoms with Crippen LogP contribution in [-0.2, 0) is 39.8 Å². The fourth-order valence-corrected chi connectivity index (χ4v) is 5.19. The quantitative estimate of drug-likeness (QED) is 0.0579. The summed E-state index contributed by atoms with van der Waals surface area (Å²) in [5.41, 5.74) is 0.495. The second-order valence-corrected chi connectivity index (χ2v) is 20.0. The third-order valence-electron chi connectivity index (χ3n) is 6.58. The van der Waals surface area contributed by atoms with Gasteiger partial charge in [-0.3, -0.25) is 14.4 Å². The van der Waals surface area contributed by atoms with Gasteiger partial charge in [-0.2, -0.15) is 0 Å². The summed E-state index contributed by atoms with van der Waals surface area (Å²) in [6.45, 7) is 12.3. The molecule has 2 atom stereocenters. The Labute approximate surface area is 282 Å². The molecule has 0 aliphatic carbocycles. The van der Waals surface area contributed by atoms with Crippen LogP contribution in [0, 0.1) is 3.57 Å². The standard InChI is InChI=1S/C32H52IN3O8Si/c1-32(2,3)44-28(38)19-18-25(36-31(41)43-21-22-45(5,6)7)29(39)35-26(30(40)42-4)12-8-9-20-34-27(37)13-10-11-23-14-16-24(33)17-15-23/h14-17,25-26H,8-13,18-22H2,1-7H3,(H,34,37)(H,35,39)(H,36,41)/t25?,26-/m0/s1. The largest absolute Gasteiger partial charge is 0.467 e. The highest BCUT2D eigenvalue weighted by Crippen LogP contribution is 2.13. The summed E-state index contributed by atoms with van der Waals surface area (Å²) in [5, 5.41) is 8.09. The van der Waals surface area contributed by atoms with Crippen molar-refractivity contribution in [3.05, 3.63) is 33.4 Å². The second-order valence-electron chi connectivity index (χ2n) is 13.2. The molecule has 1 aromatic rings. The molecule has 11 nitrogen and oxygen atoms in total. The number of halogens is 1. The highest BCUT2D eigenvalue weighted by Gasteiger charge is 2.29. The predicted molar refractivity (Wildman–Crippen MR) is 184 cm³/mol. The molecule has 0 aromatic heterocycles. The molecule has 0 fully saturated rings. The van der Waals surface area contributed by atoms with Gasteiger partial charge in [0, 0.05) is 31.0 Å². The molecular formula is C32H52IN3O8Si. The minimum atomic E-state index is -1.44. The van der Waals surface area contributed by atoms with Gasteiger partial charge in [0.2, 0.25) is 11.8 Å². The van der Waals surface area contributed by atoms with Gasteiger partial charge in [0.25, 0.3) is 0 Å². The van der Waals surface area contributed by atoms with Crippen molar-refractivity contribution < 1.29 is 38.2 Å². The first-order valence-corrected chi connectivity index (χ1v) is 20.3. The average Bonchev–Trinajstić information content (AvgIpc) is 2.93. The number of carbonyl (C=O) groups is 5. The number of nitrogens with one attached hydrogen (secondary N) is 3. The number of esters is 2. The molecule has 0 aliphatic heterocycles. The Morgan fingerprint density at radius 3 is 2.16 bits per heavy atom. The summed E-state index contributed by atoms with van der Waals surface area (Å²) in [6, 6.07) is 6.87. The molecular weight excluding hydrogens is 709 g/mol. The van der Waals surface area contributed by atoms with Crippen molar-refractivity contribution in [2.75, 3.05) is 20.3 Å². The number of amides is 3. The summed E-state index contributed by atoms with van der Waals surface area (Å²) in [6.07, 6.45) is 2.43. The Morgan fingerprint density at radius 2 is 1.56 bits per heavy atom. The first-order valence-electron chi connectivity index (χ1n) is 15.5. The molecule has 1 unspecified atom stereocenters. The number of hydrogen-bond donors (Lipinski definition) is 3. The molecule has 3 amide bonds. The molecule has 254 valence electrons. The van der Waals surface area contributed by atoms with Crippen molar-refractivity contribution >= 4 is 60.5 Å². The average molecular weight is 762 g/mol. The highest BCUT2D eigenvalue weighted by atomic mass is 127. The minimum absolute atomic E-state index is 0.0334. The number of methoxy groups -OCH3 is 1. The zero-order valence-corrected chi connectivity index (χ0v) is 31.0. The third kappa shape index (κ3) is 20.1. The maximum atomic E-state index is 13.2. The van der Waals surface area contributed by atoms with E-state index in [1.165, 1.54) is 16.2 Å². The molecule has 0 bridgehead atoms. The van der Waals surface area contributed by atoms with Gasteiger partial charge in [0.1, 0.15) is 17.7 Å². The topological polar surface area (TPSA) is 149 Å². The number of hydrogen-bond acceptors (Lipinski definition) is 8. The normalized spacial score (nSPS) is 12.8. The van der Waals surface area contributed by atoms with E-state index < -0.39 is 49.7 Å². The summed E-state index contributed by atoms with van der Waals surface area (Å²) in [7, 11) is -0.216. The molecule has 0 aliphatic rings. The molecule has 0 saturated heterocycles. The first kappa shape index (κ1) is 40.3. The lowest BCUT2D eigenvalue weighted by atomic mass is 10.1. The van der Waals surface area contributed by atoms with Crippen LogP contribution in [-0.4, -0.2) is 75.9 Å². The van der Waals surface area contributed by atoms with E-state index in [0.29, 0.717) is 25.8 Å². The van der Waals surface area contributed by atoms with E-state index >= 15 is 0 Å². The van der Waals surface area contributed by atoms with Crippen LogP contribution in [0.1, 0.15) is 71.3 Å². The molecule has 0 saturated carbocycles. The first-order chi connectivity index (χ1) is 21.0. The molecule has 0 spiro atoms. The molecule has 13 heteroatoms. The molecule has 0 radical (unpaired) electrons. The van der Waals surface area contributed by atoms with Gasteiger partial charge in [0.05, 0.1) is 13.7 Å². The van der Waals surface area contributed by atoms with E-state index in [-0.39, 0.29) is 31.8 Å². The molecule has 3 N–H and O–H groups in total. The molecule has 1 aromatic carbocycles. The van der Waals surface area contributed by atoms with Crippen LogP contribution < -0.4 is 16.0 Å². The zero-order chi connectivity index (χ0) is 34.0. The van der Waals surface area contributed by atoms with Crippen LogP contribution in [0.4, 0.5) is 4.79 Å². The van der Waals surface area contributed by atoms with E-state index in [4.69, 9.17) is 14.2 Å². The fourth-order valence-electron chi connectivity index (χ4n) is 4.11. The summed E-state index contributed by atoms with van der Waals surface area (Å²) >= 11 is 2.26. The van der Waals surface area contributed by atoms with Crippen molar-refractivity contribution in [1.29, 1.82) is 0 Å². The third-order valence-corrected chi connectivity index (χ3v) is 9.00.